The van der Waals surface area contributed by atoms with Gasteiger partial charge in [-0.15, -0.1) is 12.4 Å². The Kier molecular flexibility index (Phi) is 9.28. The molecule has 0 spiro atoms. The Morgan fingerprint density at radius 3 is 2.38 bits per heavy atom. The number of aromatic nitrogens is 2. The quantitative estimate of drug-likeness (QED) is 0.219. The van der Waals surface area contributed by atoms with Crippen molar-refractivity contribution < 1.29 is 21.6 Å². The highest BCUT2D eigenvalue weighted by Crippen LogP contribution is 2.36. The Balaban J connectivity index is 0.00000380. The Hall–Kier alpha value is -3.01. The highest BCUT2D eigenvalue weighted by Gasteiger charge is 2.33. The molecule has 0 radical (unpaired) electrons. The van der Waals surface area contributed by atoms with Gasteiger partial charge in [-0.25, -0.2) is 26.6 Å². The average Bonchev–Trinajstić information content (AvgIpc) is 3.36. The molecule has 0 aliphatic carbocycles. The summed E-state index contributed by atoms with van der Waals surface area (Å²) in [5, 5.41) is 0.323. The number of hydrogen-bond donors (Lipinski definition) is 0. The number of sulfonamides is 1. The van der Waals surface area contributed by atoms with Crippen LogP contribution in [0.5, 0.6) is 0 Å². The van der Waals surface area contributed by atoms with Gasteiger partial charge in [0.2, 0.25) is 0 Å². The fraction of sp³-hybridized carbons (Fsp3) is 0.192. The van der Waals surface area contributed by atoms with Gasteiger partial charge in [-0.1, -0.05) is 23.7 Å². The van der Waals surface area contributed by atoms with E-state index in [0.29, 0.717) is 35.5 Å². The van der Waals surface area contributed by atoms with Crippen LogP contribution >= 0.6 is 24.0 Å². The van der Waals surface area contributed by atoms with E-state index in [1.807, 2.05) is 10.8 Å². The maximum Gasteiger partial charge on any atom is 0.264 e. The molecule has 0 amide bonds. The third-order valence-electron chi connectivity index (χ3n) is 5.84. The molecule has 4 aromatic rings. The first-order valence-corrected chi connectivity index (χ1v) is 13.0. The molecule has 4 rings (SSSR count). The lowest BCUT2D eigenvalue weighted by Gasteiger charge is -2.31. The summed E-state index contributed by atoms with van der Waals surface area (Å²) in [4.78, 5) is 3.83. The Labute approximate surface area is 225 Å². The molecular formula is C26H24Cl2F3N3O2S. The minimum absolute atomic E-state index is 0. The average molecular weight is 570 g/mol. The third kappa shape index (κ3) is 6.47. The summed E-state index contributed by atoms with van der Waals surface area (Å²) in [7, 11) is -4.36. The van der Waals surface area contributed by atoms with Crippen molar-refractivity contribution in [2.45, 2.75) is 37.2 Å². The van der Waals surface area contributed by atoms with E-state index in [1.165, 1.54) is 36.4 Å². The topological polar surface area (TPSA) is 55.2 Å². The number of halogens is 5. The molecule has 1 heterocycles. The first-order chi connectivity index (χ1) is 17.2. The van der Waals surface area contributed by atoms with Crippen molar-refractivity contribution in [3.63, 3.8) is 0 Å². The van der Waals surface area contributed by atoms with Gasteiger partial charge in [0, 0.05) is 30.0 Å². The smallest absolute Gasteiger partial charge is 0.264 e. The second kappa shape index (κ2) is 12.0. The van der Waals surface area contributed by atoms with Gasteiger partial charge in [0.15, 0.2) is 0 Å². The van der Waals surface area contributed by atoms with Crippen molar-refractivity contribution >= 4 is 39.7 Å². The molecule has 0 bridgehead atoms. The number of hydrogen-bond acceptors (Lipinski definition) is 3. The standard InChI is InChI=1S/C26H23ClF3N3O2S.ClH/c1-18(19-4-10-24(29)20(15-19)3-2-13-32-14-12-31-17-32)33(26-16-22(28)7-11-25(26)30)36(34,35)23-8-5-21(27)6-9-23;/h4-12,14-18H,2-3,13H2,1H3;1H/t18-;/m1./s1. The second-order valence-electron chi connectivity index (χ2n) is 8.28. The number of rotatable bonds is 9. The highest BCUT2D eigenvalue weighted by atomic mass is 35.5. The summed E-state index contributed by atoms with van der Waals surface area (Å²) < 4.78 is 73.7. The van der Waals surface area contributed by atoms with Crippen molar-refractivity contribution in [3.05, 3.63) is 113 Å². The molecule has 0 aliphatic heterocycles. The number of aryl methyl sites for hydroxylation is 2. The van der Waals surface area contributed by atoms with Crippen LogP contribution in [0.25, 0.3) is 0 Å². The Morgan fingerprint density at radius 1 is 1.00 bits per heavy atom. The van der Waals surface area contributed by atoms with E-state index in [9.17, 15) is 21.6 Å². The highest BCUT2D eigenvalue weighted by molar-refractivity contribution is 7.92. The van der Waals surface area contributed by atoms with Crippen LogP contribution in [-0.4, -0.2) is 18.0 Å². The van der Waals surface area contributed by atoms with Crippen LogP contribution in [0, 0.1) is 17.5 Å². The van der Waals surface area contributed by atoms with Crippen molar-refractivity contribution in [1.82, 2.24) is 9.55 Å². The molecule has 1 aromatic heterocycles. The van der Waals surface area contributed by atoms with Crippen molar-refractivity contribution in [2.75, 3.05) is 4.31 Å². The van der Waals surface area contributed by atoms with Gasteiger partial charge in [-0.2, -0.15) is 0 Å². The maximum atomic E-state index is 14.9. The van der Waals surface area contributed by atoms with E-state index >= 15 is 0 Å². The minimum Gasteiger partial charge on any atom is -0.337 e. The molecule has 0 N–H and O–H groups in total. The van der Waals surface area contributed by atoms with Crippen LogP contribution < -0.4 is 4.31 Å². The summed E-state index contributed by atoms with van der Waals surface area (Å²) in [6.45, 7) is 2.17. The minimum atomic E-state index is -4.36. The molecule has 196 valence electrons. The normalized spacial score (nSPS) is 12.1. The predicted octanol–water partition coefficient (Wildman–Crippen LogP) is 6.96. The summed E-state index contributed by atoms with van der Waals surface area (Å²) >= 11 is 5.91. The molecule has 0 fully saturated rings. The number of benzene rings is 3. The van der Waals surface area contributed by atoms with Crippen LogP contribution in [0.4, 0.5) is 18.9 Å². The fourth-order valence-electron chi connectivity index (χ4n) is 3.97. The summed E-state index contributed by atoms with van der Waals surface area (Å²) in [6.07, 6.45) is 6.15. The molecule has 37 heavy (non-hydrogen) atoms. The molecule has 5 nitrogen and oxygen atoms in total. The number of anilines is 1. The summed E-state index contributed by atoms with van der Waals surface area (Å²) in [5.41, 5.74) is 0.363. The van der Waals surface area contributed by atoms with E-state index in [4.69, 9.17) is 11.6 Å². The van der Waals surface area contributed by atoms with Crippen LogP contribution in [-0.2, 0) is 23.0 Å². The van der Waals surface area contributed by atoms with Gasteiger partial charge in [0.25, 0.3) is 10.0 Å². The predicted molar refractivity (Wildman–Crippen MR) is 140 cm³/mol. The molecule has 3 aromatic carbocycles. The first kappa shape index (κ1) is 28.6. The molecule has 11 heteroatoms. The van der Waals surface area contributed by atoms with Crippen LogP contribution in [0.2, 0.25) is 5.02 Å². The van der Waals surface area contributed by atoms with E-state index in [2.05, 4.69) is 4.98 Å². The summed E-state index contributed by atoms with van der Waals surface area (Å²) in [6, 6.07) is 11.3. The van der Waals surface area contributed by atoms with Crippen molar-refractivity contribution in [1.29, 1.82) is 0 Å². The zero-order valence-electron chi connectivity index (χ0n) is 19.7. The van der Waals surface area contributed by atoms with Gasteiger partial charge >= 0.3 is 0 Å². The Bertz CT molecular complexity index is 1450. The van der Waals surface area contributed by atoms with Crippen LogP contribution in [0.1, 0.15) is 30.5 Å². The van der Waals surface area contributed by atoms with Crippen molar-refractivity contribution in [2.24, 2.45) is 0 Å². The van der Waals surface area contributed by atoms with Gasteiger partial charge < -0.3 is 4.57 Å². The summed E-state index contributed by atoms with van der Waals surface area (Å²) in [5.74, 6) is -2.14. The van der Waals surface area contributed by atoms with E-state index in [0.717, 1.165) is 22.5 Å². The molecule has 0 saturated carbocycles. The number of nitrogens with zero attached hydrogens (tertiary/aromatic N) is 3. The van der Waals surface area contributed by atoms with Gasteiger partial charge in [0.05, 0.1) is 23.0 Å². The van der Waals surface area contributed by atoms with Crippen LogP contribution in [0.3, 0.4) is 0 Å². The third-order valence-corrected chi connectivity index (χ3v) is 7.99. The van der Waals surface area contributed by atoms with E-state index in [1.54, 1.807) is 25.5 Å². The molecule has 1 atom stereocenters. The monoisotopic (exact) mass is 569 g/mol. The SMILES string of the molecule is C[C@H](c1ccc(F)c(CCCn2ccnc2)c1)N(c1cc(F)ccc1F)S(=O)(=O)c1ccc(Cl)cc1.Cl. The zero-order chi connectivity index (χ0) is 25.9. The number of imidazole rings is 1. The Morgan fingerprint density at radius 2 is 1.70 bits per heavy atom. The molecule has 0 aliphatic rings. The first-order valence-electron chi connectivity index (χ1n) is 11.2. The van der Waals surface area contributed by atoms with Gasteiger partial charge in [-0.3, -0.25) is 4.31 Å². The molecule has 0 unspecified atom stereocenters. The maximum absolute atomic E-state index is 14.9. The zero-order valence-corrected chi connectivity index (χ0v) is 22.1. The van der Waals surface area contributed by atoms with Gasteiger partial charge in [-0.05, 0) is 73.4 Å². The lowest BCUT2D eigenvalue weighted by atomic mass is 10.0. The second-order valence-corrected chi connectivity index (χ2v) is 10.5. The van der Waals surface area contributed by atoms with E-state index < -0.39 is 39.2 Å². The molecule has 0 saturated heterocycles. The van der Waals surface area contributed by atoms with Crippen molar-refractivity contribution in [3.8, 4) is 0 Å². The lowest BCUT2D eigenvalue weighted by molar-refractivity contribution is 0.568. The van der Waals surface area contributed by atoms with E-state index in [-0.39, 0.29) is 17.3 Å². The van der Waals surface area contributed by atoms with Gasteiger partial charge in [0.1, 0.15) is 17.5 Å². The fourth-order valence-corrected chi connectivity index (χ4v) is 5.74. The van der Waals surface area contributed by atoms with Crippen LogP contribution in [0.15, 0.2) is 84.3 Å². The molecular weight excluding hydrogens is 546 g/mol. The largest absolute Gasteiger partial charge is 0.337 e. The lowest BCUT2D eigenvalue weighted by Crippen LogP contribution is -2.34.